The second-order valence-corrected chi connectivity index (χ2v) is 5.68. The van der Waals surface area contributed by atoms with Crippen molar-refractivity contribution in [3.63, 3.8) is 0 Å². The van der Waals surface area contributed by atoms with Crippen LogP contribution in [0.15, 0.2) is 0 Å². The highest BCUT2D eigenvalue weighted by Crippen LogP contribution is 2.17. The molecular weight excluding hydrogens is 218 g/mol. The molecule has 1 aliphatic heterocycles. The van der Waals surface area contributed by atoms with Crippen molar-refractivity contribution in [2.24, 2.45) is 0 Å². The van der Waals surface area contributed by atoms with Crippen molar-refractivity contribution < 1.29 is 4.21 Å². The predicted molar refractivity (Wildman–Crippen MR) is 59.2 cm³/mol. The van der Waals surface area contributed by atoms with Crippen molar-refractivity contribution in [3.8, 4) is 0 Å². The van der Waals surface area contributed by atoms with Crippen LogP contribution in [0.25, 0.3) is 0 Å². The van der Waals surface area contributed by atoms with Gasteiger partial charge >= 0.3 is 0 Å². The molecule has 0 aromatic carbocycles. The number of hydrogen-bond donors (Lipinski definition) is 1. The lowest BCUT2D eigenvalue weighted by Gasteiger charge is -2.07. The third kappa shape index (κ3) is 2.30. The van der Waals surface area contributed by atoms with Gasteiger partial charge in [0, 0.05) is 46.3 Å². The van der Waals surface area contributed by atoms with Crippen molar-refractivity contribution in [1.82, 2.24) is 9.36 Å². The maximum absolute atomic E-state index is 11.1. The molecule has 6 heteroatoms. The zero-order chi connectivity index (χ0) is 9.97. The highest BCUT2D eigenvalue weighted by atomic mass is 32.2. The third-order valence-corrected chi connectivity index (χ3v) is 4.34. The molecule has 0 radical (unpaired) electrons. The minimum absolute atomic E-state index is 0.327. The summed E-state index contributed by atoms with van der Waals surface area (Å²) in [5.41, 5.74) is 0. The molecule has 78 valence electrons. The molecule has 1 N–H and O–H groups in total. The average molecular weight is 231 g/mol. The van der Waals surface area contributed by atoms with Gasteiger partial charge in [-0.05, 0) is 6.42 Å². The molecule has 4 nitrogen and oxygen atoms in total. The van der Waals surface area contributed by atoms with Gasteiger partial charge in [-0.3, -0.25) is 4.21 Å². The largest absolute Gasteiger partial charge is 0.357 e. The zero-order valence-electron chi connectivity index (χ0n) is 8.02. The Bertz CT molecular complexity index is 339. The molecule has 0 aliphatic carbocycles. The molecule has 1 aliphatic rings. The van der Waals surface area contributed by atoms with E-state index in [1.807, 2.05) is 6.92 Å². The Hall–Kier alpha value is -0.490. The molecule has 14 heavy (non-hydrogen) atoms. The van der Waals surface area contributed by atoms with Crippen LogP contribution in [0.2, 0.25) is 0 Å². The number of nitrogens with one attached hydrogen (secondary N) is 1. The topological polar surface area (TPSA) is 54.9 Å². The van der Waals surface area contributed by atoms with E-state index >= 15 is 0 Å². The fraction of sp³-hybridized carbons (Fsp3) is 0.750. The molecular formula is C8H13N3OS2. The van der Waals surface area contributed by atoms with Gasteiger partial charge in [0.25, 0.3) is 0 Å². The molecule has 2 rings (SSSR count). The van der Waals surface area contributed by atoms with E-state index in [9.17, 15) is 4.21 Å². The second-order valence-electron chi connectivity index (χ2n) is 3.31. The lowest BCUT2D eigenvalue weighted by atomic mass is 10.3. The maximum Gasteiger partial charge on any atom is 0.202 e. The molecule has 2 atom stereocenters. The Morgan fingerprint density at radius 3 is 3.14 bits per heavy atom. The smallest absolute Gasteiger partial charge is 0.202 e. The monoisotopic (exact) mass is 231 g/mol. The van der Waals surface area contributed by atoms with Crippen molar-refractivity contribution in [1.29, 1.82) is 0 Å². The van der Waals surface area contributed by atoms with Crippen LogP contribution in [0.4, 0.5) is 5.13 Å². The summed E-state index contributed by atoms with van der Waals surface area (Å²) in [5, 5.41) is 4.14. The summed E-state index contributed by atoms with van der Waals surface area (Å²) in [6, 6.07) is 0.327. The van der Waals surface area contributed by atoms with Gasteiger partial charge in [0.05, 0.1) is 0 Å². The van der Waals surface area contributed by atoms with E-state index in [1.165, 1.54) is 11.5 Å². The SMILES string of the molecule is CCc1nsc(NC2CCS(=O)C2)n1. The van der Waals surface area contributed by atoms with E-state index in [1.54, 1.807) is 0 Å². The minimum atomic E-state index is -0.628. The summed E-state index contributed by atoms with van der Waals surface area (Å²) in [7, 11) is -0.628. The number of anilines is 1. The number of aromatic nitrogens is 2. The van der Waals surface area contributed by atoms with Crippen molar-refractivity contribution in [2.45, 2.75) is 25.8 Å². The first-order valence-corrected chi connectivity index (χ1v) is 6.98. The van der Waals surface area contributed by atoms with Gasteiger partial charge in [-0.1, -0.05) is 6.92 Å². The van der Waals surface area contributed by atoms with Crippen LogP contribution in [0.3, 0.4) is 0 Å². The van der Waals surface area contributed by atoms with E-state index in [0.29, 0.717) is 6.04 Å². The van der Waals surface area contributed by atoms with Crippen LogP contribution in [0, 0.1) is 0 Å². The Balaban J connectivity index is 1.93. The standard InChI is InChI=1S/C8H13N3OS2/c1-2-7-10-8(13-11-7)9-6-3-4-14(12)5-6/h6H,2-5H2,1H3,(H,9,10,11). The van der Waals surface area contributed by atoms with Crippen molar-refractivity contribution in [3.05, 3.63) is 5.82 Å². The molecule has 0 bridgehead atoms. The van der Waals surface area contributed by atoms with Crippen LogP contribution in [0.5, 0.6) is 0 Å². The number of aryl methyl sites for hydroxylation is 1. The number of rotatable bonds is 3. The molecule has 2 heterocycles. The number of hydrogen-bond acceptors (Lipinski definition) is 5. The number of nitrogens with zero attached hydrogens (tertiary/aromatic N) is 2. The Morgan fingerprint density at radius 2 is 2.57 bits per heavy atom. The molecule has 0 spiro atoms. The lowest BCUT2D eigenvalue weighted by Crippen LogP contribution is -2.19. The molecule has 0 saturated carbocycles. The van der Waals surface area contributed by atoms with Gasteiger partial charge in [-0.15, -0.1) is 0 Å². The van der Waals surface area contributed by atoms with Crippen molar-refractivity contribution in [2.75, 3.05) is 16.8 Å². The van der Waals surface area contributed by atoms with Gasteiger partial charge < -0.3 is 5.32 Å². The van der Waals surface area contributed by atoms with Gasteiger partial charge in [-0.2, -0.15) is 4.37 Å². The van der Waals surface area contributed by atoms with E-state index < -0.39 is 10.8 Å². The van der Waals surface area contributed by atoms with Crippen LogP contribution >= 0.6 is 11.5 Å². The van der Waals surface area contributed by atoms with E-state index in [2.05, 4.69) is 14.7 Å². The van der Waals surface area contributed by atoms with Gasteiger partial charge in [0.15, 0.2) is 0 Å². The maximum atomic E-state index is 11.1. The van der Waals surface area contributed by atoms with Gasteiger partial charge in [-0.25, -0.2) is 4.98 Å². The first-order chi connectivity index (χ1) is 6.78. The summed E-state index contributed by atoms with van der Waals surface area (Å²) in [6.45, 7) is 2.04. The van der Waals surface area contributed by atoms with Crippen LogP contribution in [-0.2, 0) is 17.2 Å². The minimum Gasteiger partial charge on any atom is -0.357 e. The summed E-state index contributed by atoms with van der Waals surface area (Å²) in [5.74, 6) is 2.45. The molecule has 0 amide bonds. The molecule has 1 aromatic heterocycles. The summed E-state index contributed by atoms with van der Waals surface area (Å²) in [4.78, 5) is 4.31. The summed E-state index contributed by atoms with van der Waals surface area (Å²) >= 11 is 1.39. The summed E-state index contributed by atoms with van der Waals surface area (Å²) < 4.78 is 15.3. The quantitative estimate of drug-likeness (QED) is 0.844. The second kappa shape index (κ2) is 4.35. The summed E-state index contributed by atoms with van der Waals surface area (Å²) in [6.07, 6.45) is 1.85. The first-order valence-electron chi connectivity index (χ1n) is 4.72. The van der Waals surface area contributed by atoms with E-state index in [-0.39, 0.29) is 0 Å². The fourth-order valence-corrected chi connectivity index (χ4v) is 3.55. The van der Waals surface area contributed by atoms with Crippen LogP contribution < -0.4 is 5.32 Å². The van der Waals surface area contributed by atoms with Gasteiger partial charge in [0.2, 0.25) is 5.13 Å². The normalized spacial score (nSPS) is 26.6. The van der Waals surface area contributed by atoms with Crippen LogP contribution in [-0.4, -0.2) is 31.1 Å². The molecule has 1 fully saturated rings. The van der Waals surface area contributed by atoms with Gasteiger partial charge in [0.1, 0.15) is 5.82 Å². The lowest BCUT2D eigenvalue weighted by molar-refractivity contribution is 0.687. The Labute approximate surface area is 89.8 Å². The average Bonchev–Trinajstić information content (AvgIpc) is 2.76. The molecule has 1 aromatic rings. The van der Waals surface area contributed by atoms with Crippen molar-refractivity contribution >= 4 is 27.5 Å². The first kappa shape index (κ1) is 10.0. The molecule has 2 unspecified atom stereocenters. The fourth-order valence-electron chi connectivity index (χ4n) is 1.41. The van der Waals surface area contributed by atoms with Crippen LogP contribution in [0.1, 0.15) is 19.2 Å². The molecule has 1 saturated heterocycles. The van der Waals surface area contributed by atoms with E-state index in [4.69, 9.17) is 0 Å². The zero-order valence-corrected chi connectivity index (χ0v) is 9.66. The third-order valence-electron chi connectivity index (χ3n) is 2.19. The predicted octanol–water partition coefficient (Wildman–Crippen LogP) is 1.03. The highest BCUT2D eigenvalue weighted by Gasteiger charge is 2.21. The Morgan fingerprint density at radius 1 is 1.71 bits per heavy atom. The Kier molecular flexibility index (Phi) is 3.12. The highest BCUT2D eigenvalue weighted by molar-refractivity contribution is 7.85. The van der Waals surface area contributed by atoms with E-state index in [0.717, 1.165) is 35.3 Å².